The average molecular weight is 244 g/mol. The van der Waals surface area contributed by atoms with Crippen LogP contribution in [0.25, 0.3) is 0 Å². The van der Waals surface area contributed by atoms with Crippen LogP contribution in [0.2, 0.25) is 0 Å². The van der Waals surface area contributed by atoms with Crippen molar-refractivity contribution in [2.45, 2.75) is 38.3 Å². The van der Waals surface area contributed by atoms with Crippen LogP contribution in [-0.2, 0) is 14.3 Å². The molecule has 0 aromatic heterocycles. The van der Waals surface area contributed by atoms with Gasteiger partial charge in [0.2, 0.25) is 0 Å². The monoisotopic (exact) mass is 244 g/mol. The van der Waals surface area contributed by atoms with Crippen LogP contribution in [-0.4, -0.2) is 47.8 Å². The minimum Gasteiger partial charge on any atom is -0.386 e. The molecule has 0 unspecified atom stereocenters. The molecule has 0 aromatic carbocycles. The van der Waals surface area contributed by atoms with Gasteiger partial charge in [0, 0.05) is 25.1 Å². The maximum atomic E-state index is 11.4. The summed E-state index contributed by atoms with van der Waals surface area (Å²) in [7, 11) is 0. The molecule has 1 atom stereocenters. The zero-order valence-electron chi connectivity index (χ0n) is 10.5. The molecule has 0 aliphatic carbocycles. The number of amides is 2. The van der Waals surface area contributed by atoms with E-state index in [1.165, 1.54) is 0 Å². The number of ether oxygens (including phenoxy) is 1. The van der Waals surface area contributed by atoms with Gasteiger partial charge in [0.1, 0.15) is 5.60 Å². The molecular weight excluding hydrogens is 224 g/mol. The van der Waals surface area contributed by atoms with Crippen molar-refractivity contribution in [3.8, 4) is 0 Å². The third-order valence-corrected chi connectivity index (χ3v) is 2.36. The lowest BCUT2D eigenvalue weighted by Gasteiger charge is -2.22. The van der Waals surface area contributed by atoms with E-state index in [9.17, 15) is 14.7 Å². The Hall–Kier alpha value is -1.14. The molecule has 1 heterocycles. The number of carbonyl (C=O) groups is 2. The van der Waals surface area contributed by atoms with E-state index in [1.807, 2.05) is 0 Å². The Labute approximate surface area is 101 Å². The maximum Gasteiger partial charge on any atom is 0.309 e. The molecule has 17 heavy (non-hydrogen) atoms. The highest BCUT2D eigenvalue weighted by Gasteiger charge is 2.33. The third-order valence-electron chi connectivity index (χ3n) is 2.36. The van der Waals surface area contributed by atoms with Gasteiger partial charge in [-0.25, -0.2) is 0 Å². The highest BCUT2D eigenvalue weighted by atomic mass is 16.5. The summed E-state index contributed by atoms with van der Waals surface area (Å²) in [6.45, 7) is 6.06. The molecule has 0 spiro atoms. The Morgan fingerprint density at radius 1 is 1.35 bits per heavy atom. The van der Waals surface area contributed by atoms with Gasteiger partial charge in [-0.05, 0) is 20.8 Å². The van der Waals surface area contributed by atoms with E-state index in [4.69, 9.17) is 4.74 Å². The number of carbonyl (C=O) groups excluding carboxylic acids is 2. The molecule has 98 valence electrons. The SMILES string of the molecule is CC(C)(C)NC(=O)C(=O)NC[C@@]1(O)CCOC1. The summed E-state index contributed by atoms with van der Waals surface area (Å²) in [5.74, 6) is -1.43. The van der Waals surface area contributed by atoms with Crippen LogP contribution >= 0.6 is 0 Å². The van der Waals surface area contributed by atoms with E-state index in [0.717, 1.165) is 0 Å². The Balaban J connectivity index is 2.36. The van der Waals surface area contributed by atoms with Crippen molar-refractivity contribution in [1.82, 2.24) is 10.6 Å². The van der Waals surface area contributed by atoms with Crippen molar-refractivity contribution in [1.29, 1.82) is 0 Å². The van der Waals surface area contributed by atoms with Gasteiger partial charge in [-0.2, -0.15) is 0 Å². The fourth-order valence-electron chi connectivity index (χ4n) is 1.46. The van der Waals surface area contributed by atoms with Gasteiger partial charge < -0.3 is 20.5 Å². The van der Waals surface area contributed by atoms with E-state index in [2.05, 4.69) is 10.6 Å². The zero-order valence-corrected chi connectivity index (χ0v) is 10.5. The minimum absolute atomic E-state index is 0.0311. The Morgan fingerprint density at radius 3 is 2.47 bits per heavy atom. The molecule has 0 aromatic rings. The predicted molar refractivity (Wildman–Crippen MR) is 61.3 cm³/mol. The topological polar surface area (TPSA) is 87.7 Å². The Kier molecular flexibility index (Phi) is 4.11. The molecule has 1 aliphatic rings. The number of aliphatic hydroxyl groups is 1. The summed E-state index contributed by atoms with van der Waals surface area (Å²) < 4.78 is 5.03. The first kappa shape index (κ1) is 13.9. The van der Waals surface area contributed by atoms with Crippen molar-refractivity contribution in [3.05, 3.63) is 0 Å². The molecule has 0 bridgehead atoms. The summed E-state index contributed by atoms with van der Waals surface area (Å²) in [4.78, 5) is 22.9. The van der Waals surface area contributed by atoms with Gasteiger partial charge in [0.05, 0.1) is 6.61 Å². The maximum absolute atomic E-state index is 11.4. The van der Waals surface area contributed by atoms with Crippen LogP contribution in [0.3, 0.4) is 0 Å². The third kappa shape index (κ3) is 4.70. The van der Waals surface area contributed by atoms with Gasteiger partial charge in [0.25, 0.3) is 0 Å². The Bertz CT molecular complexity index is 303. The highest BCUT2D eigenvalue weighted by molar-refractivity contribution is 6.35. The molecule has 3 N–H and O–H groups in total. The quantitative estimate of drug-likeness (QED) is 0.553. The summed E-state index contributed by atoms with van der Waals surface area (Å²) in [6.07, 6.45) is 0.466. The van der Waals surface area contributed by atoms with Crippen LogP contribution in [0.1, 0.15) is 27.2 Å². The van der Waals surface area contributed by atoms with Gasteiger partial charge in [0.15, 0.2) is 0 Å². The van der Waals surface area contributed by atoms with Crippen LogP contribution < -0.4 is 10.6 Å². The zero-order chi connectivity index (χ0) is 13.1. The molecule has 1 fully saturated rings. The summed E-state index contributed by atoms with van der Waals surface area (Å²) in [5, 5.41) is 14.8. The van der Waals surface area contributed by atoms with Crippen LogP contribution in [0.5, 0.6) is 0 Å². The molecule has 6 heteroatoms. The fourth-order valence-corrected chi connectivity index (χ4v) is 1.46. The van der Waals surface area contributed by atoms with E-state index in [0.29, 0.717) is 13.0 Å². The van der Waals surface area contributed by atoms with Gasteiger partial charge in [-0.3, -0.25) is 9.59 Å². The normalized spacial score (nSPS) is 24.5. The average Bonchev–Trinajstić information content (AvgIpc) is 2.59. The molecule has 1 aliphatic heterocycles. The second kappa shape index (κ2) is 5.01. The van der Waals surface area contributed by atoms with E-state index < -0.39 is 23.0 Å². The van der Waals surface area contributed by atoms with Crippen molar-refractivity contribution in [2.75, 3.05) is 19.8 Å². The smallest absolute Gasteiger partial charge is 0.309 e. The molecular formula is C11H20N2O4. The number of hydrogen-bond donors (Lipinski definition) is 3. The fraction of sp³-hybridized carbons (Fsp3) is 0.818. The first-order valence-corrected chi connectivity index (χ1v) is 5.62. The molecule has 1 saturated heterocycles. The van der Waals surface area contributed by atoms with E-state index in [1.54, 1.807) is 20.8 Å². The van der Waals surface area contributed by atoms with Crippen molar-refractivity contribution in [3.63, 3.8) is 0 Å². The van der Waals surface area contributed by atoms with Crippen molar-refractivity contribution in [2.24, 2.45) is 0 Å². The molecule has 1 rings (SSSR count). The lowest BCUT2D eigenvalue weighted by atomic mass is 10.0. The second-order valence-electron chi connectivity index (χ2n) is 5.41. The van der Waals surface area contributed by atoms with Crippen molar-refractivity contribution < 1.29 is 19.4 Å². The summed E-state index contributed by atoms with van der Waals surface area (Å²) in [5.41, 5.74) is -1.50. The number of hydrogen-bond acceptors (Lipinski definition) is 4. The Morgan fingerprint density at radius 2 is 2.00 bits per heavy atom. The lowest BCUT2D eigenvalue weighted by Crippen LogP contribution is -2.51. The van der Waals surface area contributed by atoms with E-state index in [-0.39, 0.29) is 13.2 Å². The standard InChI is InChI=1S/C11H20N2O4/c1-10(2,3)13-9(15)8(14)12-6-11(16)4-5-17-7-11/h16H,4-7H2,1-3H3,(H,12,14)(H,13,15)/t11-/m0/s1. The van der Waals surface area contributed by atoms with E-state index >= 15 is 0 Å². The van der Waals surface area contributed by atoms with Crippen LogP contribution in [0.4, 0.5) is 0 Å². The number of nitrogens with one attached hydrogen (secondary N) is 2. The summed E-state index contributed by atoms with van der Waals surface area (Å²) >= 11 is 0. The van der Waals surface area contributed by atoms with Gasteiger partial charge in [-0.15, -0.1) is 0 Å². The van der Waals surface area contributed by atoms with Crippen LogP contribution in [0, 0.1) is 0 Å². The second-order valence-corrected chi connectivity index (χ2v) is 5.41. The first-order valence-electron chi connectivity index (χ1n) is 5.62. The van der Waals surface area contributed by atoms with Crippen molar-refractivity contribution >= 4 is 11.8 Å². The largest absolute Gasteiger partial charge is 0.386 e. The van der Waals surface area contributed by atoms with Gasteiger partial charge >= 0.3 is 11.8 Å². The molecule has 6 nitrogen and oxygen atoms in total. The molecule has 0 saturated carbocycles. The highest BCUT2D eigenvalue weighted by Crippen LogP contribution is 2.16. The van der Waals surface area contributed by atoms with Gasteiger partial charge in [-0.1, -0.05) is 0 Å². The minimum atomic E-state index is -1.04. The number of rotatable bonds is 2. The van der Waals surface area contributed by atoms with Crippen LogP contribution in [0.15, 0.2) is 0 Å². The molecule has 0 radical (unpaired) electrons. The lowest BCUT2D eigenvalue weighted by molar-refractivity contribution is -0.140. The predicted octanol–water partition coefficient (Wildman–Crippen LogP) is -0.831. The first-order chi connectivity index (χ1) is 7.72. The molecule has 2 amide bonds. The summed E-state index contributed by atoms with van der Waals surface area (Å²) in [6, 6.07) is 0.